The second kappa shape index (κ2) is 4.28. The smallest absolute Gasteiger partial charge is 0.304 e. The molecule has 14 heavy (non-hydrogen) atoms. The predicted molar refractivity (Wildman–Crippen MR) is 55.4 cm³/mol. The molecule has 0 aromatic heterocycles. The fraction of sp³-hybridized carbons (Fsp3) is 0.900. The summed E-state index contributed by atoms with van der Waals surface area (Å²) in [6.45, 7) is 9.14. The molecule has 0 bridgehead atoms. The van der Waals surface area contributed by atoms with Gasteiger partial charge in [-0.2, -0.15) is 0 Å². The molecule has 2 N–H and O–H groups in total. The zero-order chi connectivity index (χ0) is 10.8. The van der Waals surface area contributed by atoms with Crippen LogP contribution in [0.5, 0.6) is 0 Å². The molecule has 0 aromatic carbocycles. The van der Waals surface area contributed by atoms with E-state index in [0.717, 1.165) is 19.6 Å². The maximum atomic E-state index is 10.6. The van der Waals surface area contributed by atoms with Crippen molar-refractivity contribution in [3.8, 4) is 0 Å². The van der Waals surface area contributed by atoms with Crippen LogP contribution in [-0.4, -0.2) is 47.2 Å². The van der Waals surface area contributed by atoms with Crippen molar-refractivity contribution in [3.05, 3.63) is 0 Å². The van der Waals surface area contributed by atoms with Gasteiger partial charge in [0.05, 0.1) is 6.42 Å². The first kappa shape index (κ1) is 11.5. The Balaban J connectivity index is 2.53. The number of piperazine rings is 1. The highest BCUT2D eigenvalue weighted by Gasteiger charge is 2.33. The third-order valence-electron chi connectivity index (χ3n) is 2.92. The molecule has 0 spiro atoms. The van der Waals surface area contributed by atoms with Crippen molar-refractivity contribution >= 4 is 5.97 Å². The largest absolute Gasteiger partial charge is 0.481 e. The van der Waals surface area contributed by atoms with Gasteiger partial charge in [0.15, 0.2) is 0 Å². The summed E-state index contributed by atoms with van der Waals surface area (Å²) >= 11 is 0. The van der Waals surface area contributed by atoms with Gasteiger partial charge in [-0.3, -0.25) is 9.69 Å². The molecule has 1 aliphatic heterocycles. The number of rotatable bonds is 3. The molecule has 1 atom stereocenters. The number of carboxylic acids is 1. The van der Waals surface area contributed by atoms with Gasteiger partial charge in [0, 0.05) is 24.7 Å². The van der Waals surface area contributed by atoms with Crippen molar-refractivity contribution < 1.29 is 9.90 Å². The summed E-state index contributed by atoms with van der Waals surface area (Å²) in [5.74, 6) is -0.724. The average molecular weight is 200 g/mol. The second-order valence-corrected chi connectivity index (χ2v) is 4.53. The molecule has 0 amide bonds. The van der Waals surface area contributed by atoms with Gasteiger partial charge in [-0.15, -0.1) is 0 Å². The van der Waals surface area contributed by atoms with Gasteiger partial charge >= 0.3 is 5.97 Å². The van der Waals surface area contributed by atoms with Crippen LogP contribution in [-0.2, 0) is 4.79 Å². The van der Waals surface area contributed by atoms with Crippen molar-refractivity contribution in [3.63, 3.8) is 0 Å². The van der Waals surface area contributed by atoms with Crippen LogP contribution >= 0.6 is 0 Å². The number of aliphatic carboxylic acids is 1. The number of carboxylic acid groups (broad SMARTS) is 1. The summed E-state index contributed by atoms with van der Waals surface area (Å²) in [5.41, 5.74) is 0.143. The molecule has 1 fully saturated rings. The van der Waals surface area contributed by atoms with E-state index >= 15 is 0 Å². The number of hydrogen-bond donors (Lipinski definition) is 2. The van der Waals surface area contributed by atoms with E-state index < -0.39 is 5.97 Å². The Kier molecular flexibility index (Phi) is 3.50. The van der Waals surface area contributed by atoms with E-state index in [1.807, 2.05) is 0 Å². The highest BCUT2D eigenvalue weighted by Crippen LogP contribution is 2.18. The Bertz CT molecular complexity index is 216. The Morgan fingerprint density at radius 3 is 2.79 bits per heavy atom. The van der Waals surface area contributed by atoms with E-state index in [1.54, 1.807) is 0 Å². The molecule has 1 aliphatic rings. The third kappa shape index (κ3) is 2.69. The van der Waals surface area contributed by atoms with Gasteiger partial charge < -0.3 is 10.4 Å². The topological polar surface area (TPSA) is 52.6 Å². The Morgan fingerprint density at radius 1 is 1.64 bits per heavy atom. The highest BCUT2D eigenvalue weighted by atomic mass is 16.4. The zero-order valence-electron chi connectivity index (χ0n) is 9.21. The molecule has 0 aliphatic carbocycles. The minimum atomic E-state index is -0.724. The fourth-order valence-corrected chi connectivity index (χ4v) is 1.99. The average Bonchev–Trinajstić information content (AvgIpc) is 2.07. The second-order valence-electron chi connectivity index (χ2n) is 4.53. The van der Waals surface area contributed by atoms with E-state index in [4.69, 9.17) is 5.11 Å². The normalized spacial score (nSPS) is 27.5. The first-order valence-electron chi connectivity index (χ1n) is 5.16. The van der Waals surface area contributed by atoms with Crippen molar-refractivity contribution in [2.24, 2.45) is 0 Å². The van der Waals surface area contributed by atoms with Crippen LogP contribution in [0.15, 0.2) is 0 Å². The molecule has 1 heterocycles. The molecular weight excluding hydrogens is 180 g/mol. The number of hydrogen-bond acceptors (Lipinski definition) is 3. The number of nitrogens with one attached hydrogen (secondary N) is 1. The molecule has 0 aromatic rings. The van der Waals surface area contributed by atoms with E-state index in [-0.39, 0.29) is 18.0 Å². The summed E-state index contributed by atoms with van der Waals surface area (Å²) in [7, 11) is 0. The minimum absolute atomic E-state index is 0.0977. The van der Waals surface area contributed by atoms with E-state index in [9.17, 15) is 4.79 Å². The fourth-order valence-electron chi connectivity index (χ4n) is 1.99. The number of likely N-dealkylation sites (N-methyl/N-ethyl adjacent to an activating group) is 1. The summed E-state index contributed by atoms with van der Waals surface area (Å²) < 4.78 is 0. The molecular formula is C10H20N2O2. The van der Waals surface area contributed by atoms with E-state index in [2.05, 4.69) is 31.0 Å². The predicted octanol–water partition coefficient (Wildman–Crippen LogP) is 0.533. The molecule has 4 nitrogen and oxygen atoms in total. The van der Waals surface area contributed by atoms with Crippen LogP contribution in [0, 0.1) is 0 Å². The molecule has 1 unspecified atom stereocenters. The lowest BCUT2D eigenvalue weighted by Gasteiger charge is -2.45. The van der Waals surface area contributed by atoms with Crippen molar-refractivity contribution in [1.82, 2.24) is 10.2 Å². The summed E-state index contributed by atoms with van der Waals surface area (Å²) in [4.78, 5) is 12.9. The summed E-state index contributed by atoms with van der Waals surface area (Å²) in [6, 6.07) is 0.0977. The van der Waals surface area contributed by atoms with Crippen LogP contribution < -0.4 is 5.32 Å². The van der Waals surface area contributed by atoms with Gasteiger partial charge in [0.2, 0.25) is 0 Å². The SMILES string of the molecule is CCN1CC(CC(=O)O)NCC1(C)C. The molecule has 0 radical (unpaired) electrons. The number of nitrogens with zero attached hydrogens (tertiary/aromatic N) is 1. The minimum Gasteiger partial charge on any atom is -0.481 e. The maximum absolute atomic E-state index is 10.6. The van der Waals surface area contributed by atoms with Gasteiger partial charge in [-0.25, -0.2) is 0 Å². The number of carbonyl (C=O) groups is 1. The lowest BCUT2D eigenvalue weighted by Crippen LogP contribution is -2.62. The van der Waals surface area contributed by atoms with E-state index in [1.165, 1.54) is 0 Å². The van der Waals surface area contributed by atoms with Crippen molar-refractivity contribution in [1.29, 1.82) is 0 Å². The third-order valence-corrected chi connectivity index (χ3v) is 2.92. The van der Waals surface area contributed by atoms with Crippen molar-refractivity contribution in [2.45, 2.75) is 38.8 Å². The molecule has 82 valence electrons. The van der Waals surface area contributed by atoms with Gasteiger partial charge in [-0.1, -0.05) is 6.92 Å². The van der Waals surface area contributed by atoms with Crippen LogP contribution in [0.3, 0.4) is 0 Å². The van der Waals surface area contributed by atoms with Crippen LogP contribution in [0.4, 0.5) is 0 Å². The van der Waals surface area contributed by atoms with Crippen LogP contribution in [0.1, 0.15) is 27.2 Å². The molecule has 0 saturated carbocycles. The standard InChI is InChI=1S/C10H20N2O2/c1-4-12-6-8(5-9(13)14)11-7-10(12,2)3/h8,11H,4-7H2,1-3H3,(H,13,14). The van der Waals surface area contributed by atoms with Gasteiger partial charge in [-0.05, 0) is 20.4 Å². The van der Waals surface area contributed by atoms with Crippen LogP contribution in [0.25, 0.3) is 0 Å². The highest BCUT2D eigenvalue weighted by molar-refractivity contribution is 5.67. The summed E-state index contributed by atoms with van der Waals surface area (Å²) in [5, 5.41) is 12.0. The van der Waals surface area contributed by atoms with Gasteiger partial charge in [0.25, 0.3) is 0 Å². The lowest BCUT2D eigenvalue weighted by molar-refractivity contribution is -0.138. The van der Waals surface area contributed by atoms with Crippen LogP contribution in [0.2, 0.25) is 0 Å². The molecule has 4 heteroatoms. The Labute approximate surface area is 85.3 Å². The van der Waals surface area contributed by atoms with Crippen molar-refractivity contribution in [2.75, 3.05) is 19.6 Å². The summed E-state index contributed by atoms with van der Waals surface area (Å²) in [6.07, 6.45) is 0.215. The monoisotopic (exact) mass is 200 g/mol. The Morgan fingerprint density at radius 2 is 2.29 bits per heavy atom. The zero-order valence-corrected chi connectivity index (χ0v) is 9.21. The molecule has 1 saturated heterocycles. The Hall–Kier alpha value is -0.610. The first-order valence-corrected chi connectivity index (χ1v) is 5.16. The lowest BCUT2D eigenvalue weighted by atomic mass is 9.96. The maximum Gasteiger partial charge on any atom is 0.304 e. The van der Waals surface area contributed by atoms with Gasteiger partial charge in [0.1, 0.15) is 0 Å². The first-order chi connectivity index (χ1) is 6.45. The van der Waals surface area contributed by atoms with E-state index in [0.29, 0.717) is 0 Å². The quantitative estimate of drug-likeness (QED) is 0.698. The molecule has 1 rings (SSSR count).